The van der Waals surface area contributed by atoms with Gasteiger partial charge in [-0.2, -0.15) is 0 Å². The van der Waals surface area contributed by atoms with Crippen molar-refractivity contribution >= 4 is 0 Å². The first-order valence-corrected chi connectivity index (χ1v) is 3.04. The number of aliphatic hydroxyl groups is 2. The molecular formula is C8H12O2. The fourth-order valence-corrected chi connectivity index (χ4v) is 0.591. The van der Waals surface area contributed by atoms with Gasteiger partial charge >= 0.3 is 0 Å². The fourth-order valence-electron chi connectivity index (χ4n) is 0.591. The van der Waals surface area contributed by atoms with Crippen molar-refractivity contribution in [2.24, 2.45) is 0 Å². The van der Waals surface area contributed by atoms with Gasteiger partial charge in [-0.05, 0) is 18.1 Å². The van der Waals surface area contributed by atoms with E-state index >= 15 is 0 Å². The molecular weight excluding hydrogens is 128 g/mol. The molecule has 0 spiro atoms. The van der Waals surface area contributed by atoms with Gasteiger partial charge in [0, 0.05) is 0 Å². The average molecular weight is 140 g/mol. The summed E-state index contributed by atoms with van der Waals surface area (Å²) in [5.74, 6) is -0.0789. The number of rotatable bonds is 3. The molecule has 0 fully saturated rings. The maximum absolute atomic E-state index is 8.85. The molecule has 0 aromatic rings. The predicted molar refractivity (Wildman–Crippen MR) is 41.9 cm³/mol. The van der Waals surface area contributed by atoms with Gasteiger partial charge in [-0.15, -0.1) is 0 Å². The zero-order valence-corrected chi connectivity index (χ0v) is 6.09. The van der Waals surface area contributed by atoms with E-state index in [1.54, 1.807) is 0 Å². The van der Waals surface area contributed by atoms with Crippen LogP contribution in [0.4, 0.5) is 0 Å². The lowest BCUT2D eigenvalue weighted by molar-refractivity contribution is 0.414. The molecule has 0 saturated heterocycles. The Morgan fingerprint density at radius 1 is 1.40 bits per heavy atom. The Balaban J connectivity index is 4.34. The third-order valence-corrected chi connectivity index (χ3v) is 1.09. The molecule has 2 nitrogen and oxygen atoms in total. The first-order chi connectivity index (χ1) is 4.57. The van der Waals surface area contributed by atoms with Gasteiger partial charge in [0.15, 0.2) is 0 Å². The molecule has 0 aliphatic heterocycles. The molecule has 56 valence electrons. The van der Waals surface area contributed by atoms with Gasteiger partial charge in [0.1, 0.15) is 11.5 Å². The summed E-state index contributed by atoms with van der Waals surface area (Å²) >= 11 is 0. The van der Waals surface area contributed by atoms with Crippen molar-refractivity contribution in [1.82, 2.24) is 0 Å². The summed E-state index contributed by atoms with van der Waals surface area (Å²) in [6.07, 6.45) is 2.03. The topological polar surface area (TPSA) is 40.5 Å². The smallest absolute Gasteiger partial charge is 0.111 e. The zero-order valence-electron chi connectivity index (χ0n) is 6.09. The highest BCUT2D eigenvalue weighted by atomic mass is 16.3. The highest BCUT2D eigenvalue weighted by Crippen LogP contribution is 2.09. The Bertz CT molecular complexity index is 178. The SMILES string of the molecule is C=C(O)/C=C(/CC)C(=C)O. The second-order valence-corrected chi connectivity index (χ2v) is 1.96. The molecule has 0 amide bonds. The molecule has 2 heteroatoms. The van der Waals surface area contributed by atoms with E-state index in [9.17, 15) is 0 Å². The number of hydrogen-bond donors (Lipinski definition) is 2. The van der Waals surface area contributed by atoms with Gasteiger partial charge < -0.3 is 10.2 Å². The molecule has 0 aliphatic carbocycles. The molecule has 0 radical (unpaired) electrons. The second kappa shape index (κ2) is 3.77. The Kier molecular flexibility index (Phi) is 3.33. The highest BCUT2D eigenvalue weighted by molar-refractivity contribution is 5.27. The van der Waals surface area contributed by atoms with Crippen molar-refractivity contribution in [3.8, 4) is 0 Å². The standard InChI is InChI=1S/C8H12O2/c1-4-8(7(3)10)5-6(2)9/h5,9-10H,2-4H2,1H3/b8-5-. The Morgan fingerprint density at radius 2 is 1.90 bits per heavy atom. The summed E-state index contributed by atoms with van der Waals surface area (Å²) < 4.78 is 0. The molecule has 0 rings (SSSR count). The van der Waals surface area contributed by atoms with Gasteiger partial charge in [-0.1, -0.05) is 20.1 Å². The van der Waals surface area contributed by atoms with E-state index in [0.29, 0.717) is 12.0 Å². The van der Waals surface area contributed by atoms with Crippen LogP contribution in [-0.2, 0) is 0 Å². The highest BCUT2D eigenvalue weighted by Gasteiger charge is 1.96. The molecule has 0 heterocycles. The van der Waals surface area contributed by atoms with Crippen molar-refractivity contribution in [2.75, 3.05) is 0 Å². The van der Waals surface area contributed by atoms with Gasteiger partial charge in [-0.3, -0.25) is 0 Å². The third kappa shape index (κ3) is 2.97. The number of allylic oxidation sites excluding steroid dienone is 2. The molecule has 0 bridgehead atoms. The first kappa shape index (κ1) is 8.82. The summed E-state index contributed by atoms with van der Waals surface area (Å²) in [5.41, 5.74) is 0.604. The molecule has 0 aromatic heterocycles. The lowest BCUT2D eigenvalue weighted by Crippen LogP contribution is -1.85. The van der Waals surface area contributed by atoms with Gasteiger partial charge in [0.2, 0.25) is 0 Å². The maximum Gasteiger partial charge on any atom is 0.111 e. The van der Waals surface area contributed by atoms with Gasteiger partial charge in [0.25, 0.3) is 0 Å². The lowest BCUT2D eigenvalue weighted by Gasteiger charge is -1.99. The van der Waals surface area contributed by atoms with Crippen LogP contribution in [0.3, 0.4) is 0 Å². The van der Waals surface area contributed by atoms with E-state index in [4.69, 9.17) is 10.2 Å². The van der Waals surface area contributed by atoms with Gasteiger partial charge in [-0.25, -0.2) is 0 Å². The minimum atomic E-state index is -0.0629. The summed E-state index contributed by atoms with van der Waals surface area (Å²) in [6, 6.07) is 0. The van der Waals surface area contributed by atoms with Crippen molar-refractivity contribution in [2.45, 2.75) is 13.3 Å². The second-order valence-electron chi connectivity index (χ2n) is 1.96. The molecule has 10 heavy (non-hydrogen) atoms. The van der Waals surface area contributed by atoms with Crippen LogP contribution in [-0.4, -0.2) is 10.2 Å². The summed E-state index contributed by atoms with van der Waals surface area (Å²) in [7, 11) is 0. The Labute approximate surface area is 60.8 Å². The van der Waals surface area contributed by atoms with E-state index in [-0.39, 0.29) is 11.5 Å². The van der Waals surface area contributed by atoms with Crippen molar-refractivity contribution < 1.29 is 10.2 Å². The van der Waals surface area contributed by atoms with E-state index < -0.39 is 0 Å². The average Bonchev–Trinajstić information content (AvgIpc) is 1.81. The number of hydrogen-bond acceptors (Lipinski definition) is 2. The lowest BCUT2D eigenvalue weighted by atomic mass is 10.1. The van der Waals surface area contributed by atoms with Crippen molar-refractivity contribution in [3.63, 3.8) is 0 Å². The monoisotopic (exact) mass is 140 g/mol. The van der Waals surface area contributed by atoms with Crippen molar-refractivity contribution in [1.29, 1.82) is 0 Å². The summed E-state index contributed by atoms with van der Waals surface area (Å²) in [5, 5.41) is 17.5. The quantitative estimate of drug-likeness (QED) is 0.467. The van der Waals surface area contributed by atoms with Crippen LogP contribution < -0.4 is 0 Å². The largest absolute Gasteiger partial charge is 0.509 e. The number of aliphatic hydroxyl groups excluding tert-OH is 2. The molecule has 0 aromatic carbocycles. The van der Waals surface area contributed by atoms with Crippen LogP contribution in [0.25, 0.3) is 0 Å². The fraction of sp³-hybridized carbons (Fsp3) is 0.250. The van der Waals surface area contributed by atoms with Crippen LogP contribution in [0.5, 0.6) is 0 Å². The molecule has 0 aliphatic rings. The Hall–Kier alpha value is -1.18. The molecule has 2 N–H and O–H groups in total. The van der Waals surface area contributed by atoms with Crippen LogP contribution >= 0.6 is 0 Å². The minimum absolute atomic E-state index is 0.0160. The molecule has 0 saturated carbocycles. The van der Waals surface area contributed by atoms with E-state index in [2.05, 4.69) is 13.2 Å². The predicted octanol–water partition coefficient (Wildman–Crippen LogP) is 2.47. The zero-order chi connectivity index (χ0) is 8.15. The van der Waals surface area contributed by atoms with E-state index in [0.717, 1.165) is 0 Å². The third-order valence-electron chi connectivity index (χ3n) is 1.09. The van der Waals surface area contributed by atoms with E-state index in [1.165, 1.54) is 6.08 Å². The summed E-state index contributed by atoms with van der Waals surface area (Å²) in [4.78, 5) is 0. The van der Waals surface area contributed by atoms with Crippen LogP contribution in [0, 0.1) is 0 Å². The maximum atomic E-state index is 8.85. The first-order valence-electron chi connectivity index (χ1n) is 3.04. The van der Waals surface area contributed by atoms with Crippen LogP contribution in [0.1, 0.15) is 13.3 Å². The normalized spacial score (nSPS) is 11.1. The van der Waals surface area contributed by atoms with E-state index in [1.807, 2.05) is 6.92 Å². The molecule has 0 atom stereocenters. The van der Waals surface area contributed by atoms with Crippen LogP contribution in [0.15, 0.2) is 36.3 Å². The Morgan fingerprint density at radius 3 is 2.00 bits per heavy atom. The molecule has 0 unspecified atom stereocenters. The summed E-state index contributed by atoms with van der Waals surface area (Å²) in [6.45, 7) is 8.42. The van der Waals surface area contributed by atoms with Gasteiger partial charge in [0.05, 0.1) is 0 Å². The minimum Gasteiger partial charge on any atom is -0.509 e. The van der Waals surface area contributed by atoms with Crippen LogP contribution in [0.2, 0.25) is 0 Å². The van der Waals surface area contributed by atoms with Crippen molar-refractivity contribution in [3.05, 3.63) is 36.3 Å².